The highest BCUT2D eigenvalue weighted by atomic mass is 31.2. The molecule has 0 aliphatic carbocycles. The van der Waals surface area contributed by atoms with E-state index in [1.54, 1.807) is 13.8 Å². The molecule has 4 heteroatoms. The minimum Gasteiger partial charge on any atom is -0.305 e. The largest absolute Gasteiger partial charge is 0.361 e. The Bertz CT molecular complexity index is 470. The van der Waals surface area contributed by atoms with Crippen LogP contribution in [0.1, 0.15) is 30.5 Å². The number of hydrogen-bond donors (Lipinski definition) is 0. The molecule has 0 radical (unpaired) electrons. The third-order valence-corrected chi connectivity index (χ3v) is 4.72. The SMILES string of the molecule is C=C(c1ccc(C)cc1C)P(=O)(OCC)OCC. The molecule has 0 amide bonds. The highest BCUT2D eigenvalue weighted by molar-refractivity contribution is 7.65. The van der Waals surface area contributed by atoms with Gasteiger partial charge in [-0.25, -0.2) is 0 Å². The summed E-state index contributed by atoms with van der Waals surface area (Å²) in [5, 5.41) is 0.434. The van der Waals surface area contributed by atoms with Gasteiger partial charge in [0.15, 0.2) is 0 Å². The van der Waals surface area contributed by atoms with Gasteiger partial charge in [0, 0.05) is 0 Å². The molecular weight excluding hydrogens is 247 g/mol. The minimum atomic E-state index is -3.27. The number of benzene rings is 1. The number of hydrogen-bond acceptors (Lipinski definition) is 3. The highest BCUT2D eigenvalue weighted by Gasteiger charge is 2.29. The maximum Gasteiger partial charge on any atom is 0.361 e. The Morgan fingerprint density at radius 3 is 2.22 bits per heavy atom. The fraction of sp³-hybridized carbons (Fsp3) is 0.429. The van der Waals surface area contributed by atoms with E-state index < -0.39 is 7.60 Å². The predicted molar refractivity (Wildman–Crippen MR) is 75.8 cm³/mol. The van der Waals surface area contributed by atoms with Gasteiger partial charge in [-0.3, -0.25) is 4.57 Å². The van der Waals surface area contributed by atoms with Crippen LogP contribution in [-0.4, -0.2) is 13.2 Å². The fourth-order valence-electron chi connectivity index (χ4n) is 1.82. The number of aryl methyl sites for hydroxylation is 2. The van der Waals surface area contributed by atoms with Gasteiger partial charge in [0.1, 0.15) is 0 Å². The van der Waals surface area contributed by atoms with Crippen molar-refractivity contribution >= 4 is 12.9 Å². The molecule has 0 heterocycles. The lowest BCUT2D eigenvalue weighted by Crippen LogP contribution is -1.99. The third-order valence-electron chi connectivity index (χ3n) is 2.62. The highest BCUT2D eigenvalue weighted by Crippen LogP contribution is 2.59. The van der Waals surface area contributed by atoms with E-state index in [-0.39, 0.29) is 0 Å². The second-order valence-corrected chi connectivity index (χ2v) is 6.15. The van der Waals surface area contributed by atoms with Gasteiger partial charge in [0.05, 0.1) is 18.5 Å². The Morgan fingerprint density at radius 2 is 1.78 bits per heavy atom. The Kier molecular flexibility index (Phi) is 5.33. The molecule has 18 heavy (non-hydrogen) atoms. The van der Waals surface area contributed by atoms with E-state index in [1.165, 1.54) is 0 Å². The summed E-state index contributed by atoms with van der Waals surface area (Å²) in [5.41, 5.74) is 3.03. The summed E-state index contributed by atoms with van der Waals surface area (Å²) in [5.74, 6) is 0. The van der Waals surface area contributed by atoms with Crippen LogP contribution >= 0.6 is 7.60 Å². The monoisotopic (exact) mass is 268 g/mol. The van der Waals surface area contributed by atoms with E-state index in [2.05, 4.69) is 6.58 Å². The van der Waals surface area contributed by atoms with E-state index in [4.69, 9.17) is 9.05 Å². The predicted octanol–water partition coefficient (Wildman–Crippen LogP) is 4.54. The molecule has 0 saturated carbocycles. The zero-order valence-corrected chi connectivity index (χ0v) is 12.4. The normalized spacial score (nSPS) is 11.6. The van der Waals surface area contributed by atoms with E-state index in [0.717, 1.165) is 16.7 Å². The van der Waals surface area contributed by atoms with Crippen molar-refractivity contribution in [3.63, 3.8) is 0 Å². The van der Waals surface area contributed by atoms with Crippen molar-refractivity contribution in [1.29, 1.82) is 0 Å². The topological polar surface area (TPSA) is 35.5 Å². The van der Waals surface area contributed by atoms with Crippen molar-refractivity contribution in [2.75, 3.05) is 13.2 Å². The van der Waals surface area contributed by atoms with E-state index in [1.807, 2.05) is 32.0 Å². The van der Waals surface area contributed by atoms with Crippen molar-refractivity contribution in [3.05, 3.63) is 41.5 Å². The van der Waals surface area contributed by atoms with Crippen LogP contribution in [0.2, 0.25) is 0 Å². The smallest absolute Gasteiger partial charge is 0.305 e. The average Bonchev–Trinajstić information content (AvgIpc) is 2.29. The first kappa shape index (κ1) is 15.2. The maximum absolute atomic E-state index is 12.6. The zero-order chi connectivity index (χ0) is 13.8. The Morgan fingerprint density at radius 1 is 1.22 bits per heavy atom. The van der Waals surface area contributed by atoms with Crippen molar-refractivity contribution < 1.29 is 13.6 Å². The molecule has 0 spiro atoms. The van der Waals surface area contributed by atoms with Crippen LogP contribution in [-0.2, 0) is 13.6 Å². The summed E-state index contributed by atoms with van der Waals surface area (Å²) in [6.45, 7) is 12.2. The van der Waals surface area contributed by atoms with Gasteiger partial charge in [-0.05, 0) is 38.8 Å². The first-order chi connectivity index (χ1) is 8.44. The summed E-state index contributed by atoms with van der Waals surface area (Å²) in [6, 6.07) is 5.91. The van der Waals surface area contributed by atoms with Crippen LogP contribution in [0.15, 0.2) is 24.8 Å². The lowest BCUT2D eigenvalue weighted by molar-refractivity contribution is 0.230. The zero-order valence-electron chi connectivity index (χ0n) is 11.5. The van der Waals surface area contributed by atoms with Crippen LogP contribution in [0, 0.1) is 13.8 Å². The summed E-state index contributed by atoms with van der Waals surface area (Å²) in [4.78, 5) is 0. The van der Waals surface area contributed by atoms with Crippen LogP contribution in [0.5, 0.6) is 0 Å². The first-order valence-electron chi connectivity index (χ1n) is 6.10. The molecule has 0 aromatic heterocycles. The molecule has 0 saturated heterocycles. The molecule has 0 atom stereocenters. The first-order valence-corrected chi connectivity index (χ1v) is 7.65. The van der Waals surface area contributed by atoms with Gasteiger partial charge >= 0.3 is 7.60 Å². The maximum atomic E-state index is 12.6. The molecule has 0 aliphatic rings. The van der Waals surface area contributed by atoms with Gasteiger partial charge < -0.3 is 9.05 Å². The second kappa shape index (κ2) is 6.33. The molecule has 0 bridgehead atoms. The third kappa shape index (κ3) is 3.32. The Labute approximate surface area is 109 Å². The molecule has 1 rings (SSSR count). The van der Waals surface area contributed by atoms with Crippen molar-refractivity contribution in [2.45, 2.75) is 27.7 Å². The Balaban J connectivity index is 3.14. The molecule has 0 fully saturated rings. The molecule has 1 aromatic rings. The second-order valence-electron chi connectivity index (χ2n) is 4.10. The van der Waals surface area contributed by atoms with E-state index in [9.17, 15) is 4.57 Å². The molecule has 0 aliphatic heterocycles. The summed E-state index contributed by atoms with van der Waals surface area (Å²) in [7, 11) is -3.27. The number of rotatable bonds is 6. The van der Waals surface area contributed by atoms with E-state index in [0.29, 0.717) is 18.5 Å². The van der Waals surface area contributed by atoms with Crippen LogP contribution in [0.4, 0.5) is 0 Å². The molecule has 100 valence electrons. The Hall–Kier alpha value is -0.890. The van der Waals surface area contributed by atoms with Crippen molar-refractivity contribution in [3.8, 4) is 0 Å². The van der Waals surface area contributed by atoms with Gasteiger partial charge in [-0.2, -0.15) is 0 Å². The van der Waals surface area contributed by atoms with Crippen LogP contribution in [0.3, 0.4) is 0 Å². The fourth-order valence-corrected chi connectivity index (χ4v) is 3.43. The molecule has 1 aromatic carbocycles. The standard InChI is InChI=1S/C14H21O3P/c1-6-16-18(15,17-7-2)13(5)14-9-8-11(3)10-12(14)4/h8-10H,5-7H2,1-4H3. The lowest BCUT2D eigenvalue weighted by atomic mass is 10.1. The van der Waals surface area contributed by atoms with Gasteiger partial charge in [-0.1, -0.05) is 30.3 Å². The molecule has 0 N–H and O–H groups in total. The van der Waals surface area contributed by atoms with Gasteiger partial charge in [0.2, 0.25) is 0 Å². The van der Waals surface area contributed by atoms with Gasteiger partial charge in [-0.15, -0.1) is 0 Å². The quantitative estimate of drug-likeness (QED) is 0.710. The van der Waals surface area contributed by atoms with Crippen molar-refractivity contribution in [2.24, 2.45) is 0 Å². The van der Waals surface area contributed by atoms with Gasteiger partial charge in [0.25, 0.3) is 0 Å². The molecular formula is C14H21O3P. The summed E-state index contributed by atoms with van der Waals surface area (Å²) >= 11 is 0. The molecule has 0 unspecified atom stereocenters. The minimum absolute atomic E-state index is 0.335. The lowest BCUT2D eigenvalue weighted by Gasteiger charge is -2.20. The average molecular weight is 268 g/mol. The summed E-state index contributed by atoms with van der Waals surface area (Å²) < 4.78 is 23.2. The molecule has 3 nitrogen and oxygen atoms in total. The van der Waals surface area contributed by atoms with Crippen LogP contribution < -0.4 is 0 Å². The summed E-state index contributed by atoms with van der Waals surface area (Å²) in [6.07, 6.45) is 0. The van der Waals surface area contributed by atoms with Crippen LogP contribution in [0.25, 0.3) is 5.31 Å². The van der Waals surface area contributed by atoms with Crippen molar-refractivity contribution in [1.82, 2.24) is 0 Å². The van der Waals surface area contributed by atoms with E-state index >= 15 is 0 Å².